The first-order valence-electron chi connectivity index (χ1n) is 13.1. The molecule has 172 valence electrons. The molecule has 0 aliphatic heterocycles. The number of aryl methyl sites for hydroxylation is 1. The molecular formula is C35H26S. The van der Waals surface area contributed by atoms with Crippen molar-refractivity contribution in [1.82, 2.24) is 0 Å². The molecule has 1 aromatic heterocycles. The van der Waals surface area contributed by atoms with E-state index in [1.165, 1.54) is 90.4 Å². The number of hydrogen-bond donors (Lipinski definition) is 0. The maximum atomic E-state index is 2.43. The van der Waals surface area contributed by atoms with Gasteiger partial charge in [-0.05, 0) is 93.8 Å². The molecule has 0 amide bonds. The summed E-state index contributed by atoms with van der Waals surface area (Å²) in [4.78, 5) is 0. The topological polar surface area (TPSA) is 0 Å². The Morgan fingerprint density at radius 1 is 0.472 bits per heavy atom. The molecule has 0 unspecified atom stereocenters. The van der Waals surface area contributed by atoms with Crippen molar-refractivity contribution in [1.29, 1.82) is 0 Å². The quantitative estimate of drug-likeness (QED) is 0.232. The van der Waals surface area contributed by atoms with Gasteiger partial charge in [-0.3, -0.25) is 0 Å². The third-order valence-corrected chi connectivity index (χ3v) is 9.61. The van der Waals surface area contributed by atoms with Gasteiger partial charge in [0.25, 0.3) is 0 Å². The molecule has 0 atom stereocenters. The molecule has 1 heterocycles. The minimum atomic E-state index is 1.05. The van der Waals surface area contributed by atoms with Crippen molar-refractivity contribution in [2.24, 2.45) is 0 Å². The van der Waals surface area contributed by atoms with Gasteiger partial charge in [-0.2, -0.15) is 0 Å². The van der Waals surface area contributed by atoms with Crippen molar-refractivity contribution in [2.75, 3.05) is 0 Å². The largest absolute Gasteiger partial charge is 0.134 e. The Hall–Kier alpha value is -3.68. The Morgan fingerprint density at radius 3 is 2.06 bits per heavy atom. The number of benzene rings is 5. The molecule has 8 rings (SSSR count). The van der Waals surface area contributed by atoms with Gasteiger partial charge < -0.3 is 0 Å². The standard InChI is InChI=1S/C35H26S/c1-3-11-26-22(8-1)10-5-14-29(26)30-15-7-17-32-31-16-6-13-28(34(31)36-35(30)32)25-19-18-24-20-23-9-2-4-12-27(23)33(24)21-25/h2,4-7,9-10,12-19,21H,1,3,8,11,20H2. The second-order valence-electron chi connectivity index (χ2n) is 10.3. The Kier molecular flexibility index (Phi) is 4.51. The molecule has 1 heteroatoms. The van der Waals surface area contributed by atoms with Gasteiger partial charge in [0.1, 0.15) is 0 Å². The molecule has 5 aromatic carbocycles. The van der Waals surface area contributed by atoms with Crippen LogP contribution in [-0.4, -0.2) is 0 Å². The SMILES string of the molecule is c1ccc2c(c1)Cc1ccc(-c3cccc4c3sc3c(-c5cccc6c5CCCC6)cccc34)cc1-2. The Bertz CT molecular complexity index is 1820. The van der Waals surface area contributed by atoms with Gasteiger partial charge in [-0.1, -0.05) is 91.0 Å². The zero-order chi connectivity index (χ0) is 23.6. The fourth-order valence-corrected chi connectivity index (χ4v) is 7.95. The molecule has 2 aliphatic carbocycles. The second kappa shape index (κ2) is 7.91. The third-order valence-electron chi connectivity index (χ3n) is 8.32. The molecule has 0 N–H and O–H groups in total. The summed E-state index contributed by atoms with van der Waals surface area (Å²) >= 11 is 1.97. The van der Waals surface area contributed by atoms with E-state index in [0.29, 0.717) is 0 Å². The molecule has 0 spiro atoms. The number of thiophene rings is 1. The minimum absolute atomic E-state index is 1.05. The van der Waals surface area contributed by atoms with Crippen LogP contribution in [0.15, 0.2) is 97.1 Å². The van der Waals surface area contributed by atoms with E-state index in [-0.39, 0.29) is 0 Å². The molecular weight excluding hydrogens is 452 g/mol. The first-order chi connectivity index (χ1) is 17.8. The zero-order valence-corrected chi connectivity index (χ0v) is 21.0. The van der Waals surface area contributed by atoms with Crippen LogP contribution >= 0.6 is 11.3 Å². The van der Waals surface area contributed by atoms with Crippen LogP contribution in [0.3, 0.4) is 0 Å². The summed E-state index contributed by atoms with van der Waals surface area (Å²) < 4.78 is 2.82. The molecule has 0 saturated heterocycles. The monoisotopic (exact) mass is 478 g/mol. The lowest BCUT2D eigenvalue weighted by Crippen LogP contribution is -2.04. The minimum Gasteiger partial charge on any atom is -0.134 e. The lowest BCUT2D eigenvalue weighted by molar-refractivity contribution is 0.687. The third kappa shape index (κ3) is 2.99. The highest BCUT2D eigenvalue weighted by molar-refractivity contribution is 7.26. The van der Waals surface area contributed by atoms with Crippen LogP contribution in [0, 0.1) is 0 Å². The normalized spacial score (nSPS) is 14.1. The summed E-state index contributed by atoms with van der Waals surface area (Å²) in [7, 11) is 0. The van der Waals surface area contributed by atoms with Gasteiger partial charge in [-0.15, -0.1) is 11.3 Å². The van der Waals surface area contributed by atoms with Crippen LogP contribution < -0.4 is 0 Å². The fraction of sp³-hybridized carbons (Fsp3) is 0.143. The molecule has 0 saturated carbocycles. The molecule has 6 aromatic rings. The van der Waals surface area contributed by atoms with Crippen LogP contribution in [0.4, 0.5) is 0 Å². The summed E-state index contributed by atoms with van der Waals surface area (Å²) in [5, 5.41) is 2.76. The van der Waals surface area contributed by atoms with E-state index >= 15 is 0 Å². The molecule has 2 aliphatic rings. The summed E-state index contributed by atoms with van der Waals surface area (Å²) in [5.41, 5.74) is 14.3. The van der Waals surface area contributed by atoms with Crippen molar-refractivity contribution in [3.63, 3.8) is 0 Å². The maximum absolute atomic E-state index is 2.43. The smallest absolute Gasteiger partial charge is 0.0434 e. The van der Waals surface area contributed by atoms with E-state index in [0.717, 1.165) is 6.42 Å². The second-order valence-corrected chi connectivity index (χ2v) is 11.3. The van der Waals surface area contributed by atoms with Crippen LogP contribution in [0.1, 0.15) is 35.1 Å². The predicted octanol–water partition coefficient (Wildman–Crippen LogP) is 9.84. The highest BCUT2D eigenvalue weighted by atomic mass is 32.1. The lowest BCUT2D eigenvalue weighted by Gasteiger charge is -2.19. The van der Waals surface area contributed by atoms with E-state index in [2.05, 4.69) is 97.1 Å². The van der Waals surface area contributed by atoms with Crippen molar-refractivity contribution < 1.29 is 0 Å². The van der Waals surface area contributed by atoms with Gasteiger partial charge >= 0.3 is 0 Å². The van der Waals surface area contributed by atoms with Crippen molar-refractivity contribution in [2.45, 2.75) is 32.1 Å². The zero-order valence-electron chi connectivity index (χ0n) is 20.2. The first-order valence-corrected chi connectivity index (χ1v) is 13.9. The lowest BCUT2D eigenvalue weighted by atomic mass is 9.85. The van der Waals surface area contributed by atoms with Gasteiger partial charge in [0.05, 0.1) is 0 Å². The molecule has 0 fully saturated rings. The highest BCUT2D eigenvalue weighted by Gasteiger charge is 2.21. The van der Waals surface area contributed by atoms with E-state index < -0.39 is 0 Å². The number of rotatable bonds is 2. The van der Waals surface area contributed by atoms with E-state index in [9.17, 15) is 0 Å². The summed E-state index contributed by atoms with van der Waals surface area (Å²) in [6.45, 7) is 0. The van der Waals surface area contributed by atoms with Gasteiger partial charge in [-0.25, -0.2) is 0 Å². The van der Waals surface area contributed by atoms with Crippen molar-refractivity contribution >= 4 is 31.5 Å². The van der Waals surface area contributed by atoms with Crippen LogP contribution in [0.5, 0.6) is 0 Å². The summed E-state index contributed by atoms with van der Waals surface area (Å²) in [5.74, 6) is 0. The van der Waals surface area contributed by atoms with Crippen LogP contribution in [0.25, 0.3) is 53.6 Å². The van der Waals surface area contributed by atoms with Gasteiger partial charge in [0.15, 0.2) is 0 Å². The van der Waals surface area contributed by atoms with Crippen LogP contribution in [0.2, 0.25) is 0 Å². The van der Waals surface area contributed by atoms with Gasteiger partial charge in [0.2, 0.25) is 0 Å². The first kappa shape index (κ1) is 20.5. The van der Waals surface area contributed by atoms with Crippen LogP contribution in [-0.2, 0) is 19.3 Å². The molecule has 36 heavy (non-hydrogen) atoms. The van der Waals surface area contributed by atoms with E-state index in [4.69, 9.17) is 0 Å². The maximum Gasteiger partial charge on any atom is 0.0434 e. The molecule has 0 radical (unpaired) electrons. The summed E-state index contributed by atoms with van der Waals surface area (Å²) in [6, 6.07) is 36.7. The predicted molar refractivity (Wildman–Crippen MR) is 155 cm³/mol. The number of hydrogen-bond acceptors (Lipinski definition) is 1. The Balaban J connectivity index is 1.34. The van der Waals surface area contributed by atoms with Crippen molar-refractivity contribution in [3.05, 3.63) is 119 Å². The fourth-order valence-electron chi connectivity index (χ4n) is 6.58. The summed E-state index contributed by atoms with van der Waals surface area (Å²) in [6.07, 6.45) is 6.09. The Morgan fingerprint density at radius 2 is 1.14 bits per heavy atom. The molecule has 0 nitrogen and oxygen atoms in total. The Labute approximate surface area is 215 Å². The highest BCUT2D eigenvalue weighted by Crippen LogP contribution is 2.46. The van der Waals surface area contributed by atoms with E-state index in [1.807, 2.05) is 11.3 Å². The van der Waals surface area contributed by atoms with E-state index in [1.54, 1.807) is 11.1 Å². The number of fused-ring (bicyclic) bond motifs is 7. The average molecular weight is 479 g/mol. The van der Waals surface area contributed by atoms with Gasteiger partial charge in [0, 0.05) is 20.2 Å². The average Bonchev–Trinajstić information content (AvgIpc) is 3.51. The van der Waals surface area contributed by atoms with Crippen molar-refractivity contribution in [3.8, 4) is 33.4 Å². The molecule has 0 bridgehead atoms.